The van der Waals surface area contributed by atoms with Gasteiger partial charge in [-0.05, 0) is 36.0 Å². The van der Waals surface area contributed by atoms with Crippen LogP contribution < -0.4 is 0 Å². The Bertz CT molecular complexity index is 980. The van der Waals surface area contributed by atoms with E-state index in [0.29, 0.717) is 17.7 Å². The first-order valence-corrected chi connectivity index (χ1v) is 9.01. The normalized spacial score (nSPS) is 14.8. The predicted octanol–water partition coefficient (Wildman–Crippen LogP) is 5.64. The third kappa shape index (κ3) is 2.92. The van der Waals surface area contributed by atoms with Crippen molar-refractivity contribution < 1.29 is 4.42 Å². The highest BCUT2D eigenvalue weighted by atomic mass is 16.4. The lowest BCUT2D eigenvalue weighted by molar-refractivity contribution is 0.330. The standard InChI is InChI=1S/C21H22N4O/c1-21(2,3)16-10-6-9-15(13-16)17-11-12-25(24-17)20-18(22-4)23-19(26-20)14-7-5-8-14/h6,9-14H,5,7-8H2,1-3H3. The van der Waals surface area contributed by atoms with E-state index in [1.807, 2.05) is 12.3 Å². The molecule has 1 aliphatic carbocycles. The fourth-order valence-electron chi connectivity index (χ4n) is 3.11. The first-order valence-electron chi connectivity index (χ1n) is 9.01. The van der Waals surface area contributed by atoms with E-state index in [0.717, 1.165) is 24.1 Å². The van der Waals surface area contributed by atoms with Gasteiger partial charge in [-0.15, -0.1) is 0 Å². The molecule has 0 amide bonds. The number of nitrogens with zero attached hydrogens (tertiary/aromatic N) is 4. The summed E-state index contributed by atoms with van der Waals surface area (Å²) in [4.78, 5) is 7.89. The summed E-state index contributed by atoms with van der Waals surface area (Å²) in [5, 5.41) is 4.64. The molecule has 0 spiro atoms. The summed E-state index contributed by atoms with van der Waals surface area (Å²) in [5.41, 5.74) is 3.25. The van der Waals surface area contributed by atoms with Gasteiger partial charge in [0.25, 0.3) is 5.89 Å². The van der Waals surface area contributed by atoms with Crippen LogP contribution in [0, 0.1) is 6.57 Å². The van der Waals surface area contributed by atoms with Crippen molar-refractivity contribution in [2.45, 2.75) is 51.4 Å². The molecule has 132 valence electrons. The minimum Gasteiger partial charge on any atom is -0.414 e. The van der Waals surface area contributed by atoms with Crippen molar-refractivity contribution in [3.63, 3.8) is 0 Å². The van der Waals surface area contributed by atoms with Crippen molar-refractivity contribution in [1.82, 2.24) is 14.8 Å². The Kier molecular flexibility index (Phi) is 3.91. The van der Waals surface area contributed by atoms with Gasteiger partial charge in [-0.25, -0.2) is 4.68 Å². The van der Waals surface area contributed by atoms with Crippen molar-refractivity contribution in [2.75, 3.05) is 0 Å². The van der Waals surface area contributed by atoms with Crippen LogP contribution >= 0.6 is 0 Å². The van der Waals surface area contributed by atoms with E-state index >= 15 is 0 Å². The maximum absolute atomic E-state index is 7.39. The lowest BCUT2D eigenvalue weighted by atomic mass is 9.85. The molecule has 26 heavy (non-hydrogen) atoms. The third-order valence-corrected chi connectivity index (χ3v) is 4.99. The molecule has 0 radical (unpaired) electrons. The molecule has 2 aromatic heterocycles. The van der Waals surface area contributed by atoms with E-state index in [1.165, 1.54) is 12.0 Å². The van der Waals surface area contributed by atoms with Crippen molar-refractivity contribution >= 4 is 5.82 Å². The van der Waals surface area contributed by atoms with Gasteiger partial charge in [0.15, 0.2) is 0 Å². The molecular formula is C21H22N4O. The molecule has 0 N–H and O–H groups in total. The fourth-order valence-corrected chi connectivity index (χ4v) is 3.11. The van der Waals surface area contributed by atoms with Crippen LogP contribution in [0.3, 0.4) is 0 Å². The summed E-state index contributed by atoms with van der Waals surface area (Å²) < 4.78 is 7.53. The predicted molar refractivity (Wildman–Crippen MR) is 101 cm³/mol. The Morgan fingerprint density at radius 2 is 2.04 bits per heavy atom. The molecule has 0 atom stereocenters. The van der Waals surface area contributed by atoms with Crippen molar-refractivity contribution in [2.24, 2.45) is 0 Å². The second-order valence-electron chi connectivity index (χ2n) is 7.90. The Morgan fingerprint density at radius 3 is 2.69 bits per heavy atom. The number of hydrogen-bond donors (Lipinski definition) is 0. The van der Waals surface area contributed by atoms with Gasteiger partial charge in [0.2, 0.25) is 5.88 Å². The van der Waals surface area contributed by atoms with Crippen LogP contribution in [0.15, 0.2) is 40.9 Å². The topological polar surface area (TPSA) is 48.2 Å². The van der Waals surface area contributed by atoms with Crippen molar-refractivity contribution in [3.8, 4) is 17.1 Å². The molecule has 1 fully saturated rings. The summed E-state index contributed by atoms with van der Waals surface area (Å²) in [6, 6.07) is 10.4. The molecule has 5 heteroatoms. The lowest BCUT2D eigenvalue weighted by Crippen LogP contribution is -2.10. The summed E-state index contributed by atoms with van der Waals surface area (Å²) in [6.45, 7) is 14.0. The van der Waals surface area contributed by atoms with Crippen LogP contribution in [0.5, 0.6) is 0 Å². The Hall–Kier alpha value is -2.87. The van der Waals surface area contributed by atoms with Gasteiger partial charge in [0, 0.05) is 11.8 Å². The highest BCUT2D eigenvalue weighted by Crippen LogP contribution is 2.39. The summed E-state index contributed by atoms with van der Waals surface area (Å²) in [5.74, 6) is 1.72. The van der Waals surface area contributed by atoms with Crippen molar-refractivity contribution in [1.29, 1.82) is 0 Å². The molecule has 2 heterocycles. The number of benzene rings is 1. The maximum atomic E-state index is 7.39. The quantitative estimate of drug-likeness (QED) is 0.576. The molecular weight excluding hydrogens is 324 g/mol. The fraction of sp³-hybridized carbons (Fsp3) is 0.381. The van der Waals surface area contributed by atoms with E-state index in [2.05, 4.69) is 60.0 Å². The van der Waals surface area contributed by atoms with Crippen LogP contribution in [0.1, 0.15) is 57.4 Å². The summed E-state index contributed by atoms with van der Waals surface area (Å²) >= 11 is 0. The first-order chi connectivity index (χ1) is 12.5. The highest BCUT2D eigenvalue weighted by Gasteiger charge is 2.30. The summed E-state index contributed by atoms with van der Waals surface area (Å²) in [7, 11) is 0. The Balaban J connectivity index is 1.69. The largest absolute Gasteiger partial charge is 0.414 e. The smallest absolute Gasteiger partial charge is 0.335 e. The lowest BCUT2D eigenvalue weighted by Gasteiger charge is -2.19. The van der Waals surface area contributed by atoms with Crippen LogP contribution in [-0.2, 0) is 5.41 Å². The first kappa shape index (κ1) is 16.6. The number of oxazole rings is 1. The van der Waals surface area contributed by atoms with Gasteiger partial charge in [0.1, 0.15) is 0 Å². The van der Waals surface area contributed by atoms with E-state index in [1.54, 1.807) is 4.68 Å². The van der Waals surface area contributed by atoms with Crippen LogP contribution in [0.25, 0.3) is 22.0 Å². The van der Waals surface area contributed by atoms with E-state index in [4.69, 9.17) is 11.0 Å². The van der Waals surface area contributed by atoms with Gasteiger partial charge < -0.3 is 9.26 Å². The zero-order chi connectivity index (χ0) is 18.3. The van der Waals surface area contributed by atoms with Crippen LogP contribution in [0.2, 0.25) is 0 Å². The molecule has 1 saturated carbocycles. The van der Waals surface area contributed by atoms with Gasteiger partial charge in [-0.2, -0.15) is 5.10 Å². The minimum atomic E-state index is 0.0818. The monoisotopic (exact) mass is 346 g/mol. The Morgan fingerprint density at radius 1 is 1.23 bits per heavy atom. The van der Waals surface area contributed by atoms with Crippen molar-refractivity contribution in [3.05, 3.63) is 59.4 Å². The molecule has 1 aromatic carbocycles. The molecule has 5 nitrogen and oxygen atoms in total. The highest BCUT2D eigenvalue weighted by molar-refractivity contribution is 5.61. The zero-order valence-electron chi connectivity index (χ0n) is 15.4. The van der Waals surface area contributed by atoms with Gasteiger partial charge >= 0.3 is 5.82 Å². The second-order valence-corrected chi connectivity index (χ2v) is 7.90. The molecule has 0 bridgehead atoms. The minimum absolute atomic E-state index is 0.0818. The SMILES string of the molecule is [C-]#[N+]c1nc(C2CCC2)oc1-n1ccc(-c2cccc(C(C)(C)C)c2)n1. The molecule has 4 rings (SSSR count). The molecule has 3 aromatic rings. The summed E-state index contributed by atoms with van der Waals surface area (Å²) in [6.07, 6.45) is 5.20. The number of rotatable bonds is 3. The molecule has 0 unspecified atom stereocenters. The van der Waals surface area contributed by atoms with E-state index in [-0.39, 0.29) is 11.2 Å². The van der Waals surface area contributed by atoms with Crippen LogP contribution in [0.4, 0.5) is 5.82 Å². The average Bonchev–Trinajstić information content (AvgIpc) is 3.19. The van der Waals surface area contributed by atoms with Gasteiger partial charge in [-0.1, -0.05) is 56.9 Å². The number of hydrogen-bond acceptors (Lipinski definition) is 3. The molecule has 0 aliphatic heterocycles. The average molecular weight is 346 g/mol. The van der Waals surface area contributed by atoms with E-state index < -0.39 is 0 Å². The zero-order valence-corrected chi connectivity index (χ0v) is 15.4. The third-order valence-electron chi connectivity index (χ3n) is 4.99. The second kappa shape index (κ2) is 6.14. The molecule has 0 saturated heterocycles. The van der Waals surface area contributed by atoms with Gasteiger partial charge in [-0.3, -0.25) is 0 Å². The maximum Gasteiger partial charge on any atom is 0.335 e. The van der Waals surface area contributed by atoms with Gasteiger partial charge in [0.05, 0.1) is 11.6 Å². The number of aromatic nitrogens is 3. The Labute approximate surface area is 153 Å². The van der Waals surface area contributed by atoms with E-state index in [9.17, 15) is 0 Å². The van der Waals surface area contributed by atoms with Crippen LogP contribution in [-0.4, -0.2) is 14.8 Å². The molecule has 1 aliphatic rings.